The standard InChI is InChI=1S/C17H22FNO/c1-11(2)15-9-16(15)12-3-5-13(6-4-12)17(20)19-8-7-14(18)10-19/h3-6,11,14-16H,7-10H2,1-2H3/t14-,15-,16-/m1/s1. The summed E-state index contributed by atoms with van der Waals surface area (Å²) in [6, 6.07) is 7.95. The second kappa shape index (κ2) is 5.19. The second-order valence-electron chi connectivity index (χ2n) is 6.51. The van der Waals surface area contributed by atoms with Crippen LogP contribution in [0.5, 0.6) is 0 Å². The van der Waals surface area contributed by atoms with Crippen molar-refractivity contribution in [3.8, 4) is 0 Å². The van der Waals surface area contributed by atoms with Crippen LogP contribution in [0.2, 0.25) is 0 Å². The van der Waals surface area contributed by atoms with Gasteiger partial charge < -0.3 is 4.90 Å². The average Bonchev–Trinajstić information content (AvgIpc) is 3.14. The molecule has 3 atom stereocenters. The molecule has 1 amide bonds. The molecule has 2 nitrogen and oxygen atoms in total. The Morgan fingerprint density at radius 2 is 2.00 bits per heavy atom. The fourth-order valence-corrected chi connectivity index (χ4v) is 3.29. The van der Waals surface area contributed by atoms with Gasteiger partial charge in [-0.05, 0) is 48.3 Å². The summed E-state index contributed by atoms with van der Waals surface area (Å²) < 4.78 is 13.2. The summed E-state index contributed by atoms with van der Waals surface area (Å²) in [5.41, 5.74) is 2.02. The van der Waals surface area contributed by atoms with E-state index in [1.807, 2.05) is 12.1 Å². The lowest BCUT2D eigenvalue weighted by Crippen LogP contribution is -2.28. The van der Waals surface area contributed by atoms with Gasteiger partial charge in [0.15, 0.2) is 0 Å². The van der Waals surface area contributed by atoms with Gasteiger partial charge in [-0.2, -0.15) is 0 Å². The van der Waals surface area contributed by atoms with E-state index in [-0.39, 0.29) is 12.5 Å². The number of alkyl halides is 1. The molecule has 0 radical (unpaired) electrons. The van der Waals surface area contributed by atoms with Gasteiger partial charge in [-0.15, -0.1) is 0 Å². The molecule has 0 N–H and O–H groups in total. The Labute approximate surface area is 120 Å². The van der Waals surface area contributed by atoms with E-state index in [0.717, 1.165) is 11.8 Å². The number of hydrogen-bond donors (Lipinski definition) is 0. The normalized spacial score (nSPS) is 29.0. The van der Waals surface area contributed by atoms with Gasteiger partial charge in [0.2, 0.25) is 0 Å². The molecule has 1 heterocycles. The average molecular weight is 275 g/mol. The lowest BCUT2D eigenvalue weighted by atomic mass is 10.0. The van der Waals surface area contributed by atoms with Crippen LogP contribution in [0.1, 0.15) is 48.5 Å². The van der Waals surface area contributed by atoms with E-state index in [0.29, 0.717) is 24.4 Å². The third-order valence-electron chi connectivity index (χ3n) is 4.70. The minimum Gasteiger partial charge on any atom is -0.336 e. The summed E-state index contributed by atoms with van der Waals surface area (Å²) in [7, 11) is 0. The zero-order valence-corrected chi connectivity index (χ0v) is 12.2. The molecule has 1 saturated carbocycles. The lowest BCUT2D eigenvalue weighted by molar-refractivity contribution is 0.0783. The number of likely N-dealkylation sites (tertiary alicyclic amines) is 1. The molecule has 1 aromatic rings. The Balaban J connectivity index is 1.66. The highest BCUT2D eigenvalue weighted by molar-refractivity contribution is 5.94. The molecule has 20 heavy (non-hydrogen) atoms. The zero-order valence-electron chi connectivity index (χ0n) is 12.2. The van der Waals surface area contributed by atoms with Gasteiger partial charge in [-0.3, -0.25) is 4.79 Å². The van der Waals surface area contributed by atoms with Crippen LogP contribution in [-0.2, 0) is 0 Å². The highest BCUT2D eigenvalue weighted by Gasteiger charge is 2.40. The predicted molar refractivity (Wildman–Crippen MR) is 77.5 cm³/mol. The van der Waals surface area contributed by atoms with Crippen LogP contribution in [0.4, 0.5) is 4.39 Å². The Morgan fingerprint density at radius 1 is 1.30 bits per heavy atom. The third kappa shape index (κ3) is 2.58. The smallest absolute Gasteiger partial charge is 0.253 e. The highest BCUT2D eigenvalue weighted by Crippen LogP contribution is 2.51. The number of rotatable bonds is 3. The van der Waals surface area contributed by atoms with Crippen molar-refractivity contribution in [3.63, 3.8) is 0 Å². The molecule has 3 heteroatoms. The maximum absolute atomic E-state index is 13.2. The number of amides is 1. The SMILES string of the molecule is CC(C)[C@H]1C[C@@H]1c1ccc(C(=O)N2CC[C@@H](F)C2)cc1. The summed E-state index contributed by atoms with van der Waals surface area (Å²) in [6.07, 6.45) is 0.888. The van der Waals surface area contributed by atoms with Gasteiger partial charge in [-0.25, -0.2) is 4.39 Å². The molecule has 1 saturated heterocycles. The predicted octanol–water partition coefficient (Wildman–Crippen LogP) is 3.63. The number of halogens is 1. The largest absolute Gasteiger partial charge is 0.336 e. The molecule has 2 aliphatic rings. The van der Waals surface area contributed by atoms with Crippen LogP contribution in [0.25, 0.3) is 0 Å². The van der Waals surface area contributed by atoms with Gasteiger partial charge in [0.25, 0.3) is 5.91 Å². The van der Waals surface area contributed by atoms with Gasteiger partial charge >= 0.3 is 0 Å². The number of carbonyl (C=O) groups excluding carboxylic acids is 1. The van der Waals surface area contributed by atoms with Crippen LogP contribution in [-0.4, -0.2) is 30.1 Å². The first-order chi connectivity index (χ1) is 9.56. The van der Waals surface area contributed by atoms with E-state index in [4.69, 9.17) is 0 Å². The molecule has 2 fully saturated rings. The number of benzene rings is 1. The first-order valence-corrected chi connectivity index (χ1v) is 7.59. The van der Waals surface area contributed by atoms with Crippen molar-refractivity contribution in [2.75, 3.05) is 13.1 Å². The summed E-state index contributed by atoms with van der Waals surface area (Å²) in [6.45, 7) is 5.32. The first kappa shape index (κ1) is 13.6. The molecule has 0 spiro atoms. The van der Waals surface area contributed by atoms with E-state index < -0.39 is 6.17 Å². The Morgan fingerprint density at radius 3 is 2.50 bits per heavy atom. The summed E-state index contributed by atoms with van der Waals surface area (Å²) in [4.78, 5) is 13.8. The van der Waals surface area contributed by atoms with Gasteiger partial charge in [-0.1, -0.05) is 26.0 Å². The van der Waals surface area contributed by atoms with Crippen molar-refractivity contribution in [1.82, 2.24) is 4.90 Å². The van der Waals surface area contributed by atoms with E-state index in [2.05, 4.69) is 26.0 Å². The van der Waals surface area contributed by atoms with E-state index in [1.54, 1.807) is 4.90 Å². The Bertz CT molecular complexity index is 496. The molecule has 1 aliphatic heterocycles. The van der Waals surface area contributed by atoms with Crippen LogP contribution in [0.3, 0.4) is 0 Å². The Hall–Kier alpha value is -1.38. The lowest BCUT2D eigenvalue weighted by Gasteiger charge is -2.15. The summed E-state index contributed by atoms with van der Waals surface area (Å²) in [5, 5.41) is 0. The van der Waals surface area contributed by atoms with E-state index in [9.17, 15) is 9.18 Å². The fourth-order valence-electron chi connectivity index (χ4n) is 3.29. The molecular weight excluding hydrogens is 253 g/mol. The number of hydrogen-bond acceptors (Lipinski definition) is 1. The number of carbonyl (C=O) groups is 1. The zero-order chi connectivity index (χ0) is 14.3. The molecule has 0 bridgehead atoms. The molecule has 0 unspecified atom stereocenters. The second-order valence-corrected chi connectivity index (χ2v) is 6.51. The minimum atomic E-state index is -0.850. The summed E-state index contributed by atoms with van der Waals surface area (Å²) >= 11 is 0. The molecule has 1 aliphatic carbocycles. The maximum Gasteiger partial charge on any atom is 0.253 e. The number of nitrogens with zero attached hydrogens (tertiary/aromatic N) is 1. The van der Waals surface area contributed by atoms with E-state index >= 15 is 0 Å². The van der Waals surface area contributed by atoms with Crippen molar-refractivity contribution in [1.29, 1.82) is 0 Å². The summed E-state index contributed by atoms with van der Waals surface area (Å²) in [5.74, 6) is 2.16. The van der Waals surface area contributed by atoms with Gasteiger partial charge in [0.05, 0.1) is 6.54 Å². The van der Waals surface area contributed by atoms with Crippen LogP contribution >= 0.6 is 0 Å². The van der Waals surface area contributed by atoms with Crippen LogP contribution in [0.15, 0.2) is 24.3 Å². The van der Waals surface area contributed by atoms with Crippen LogP contribution < -0.4 is 0 Å². The van der Waals surface area contributed by atoms with Crippen molar-refractivity contribution < 1.29 is 9.18 Å². The molecule has 0 aromatic heterocycles. The molecule has 1 aromatic carbocycles. The van der Waals surface area contributed by atoms with Crippen molar-refractivity contribution in [3.05, 3.63) is 35.4 Å². The molecule has 3 rings (SSSR count). The van der Waals surface area contributed by atoms with Crippen molar-refractivity contribution in [2.45, 2.75) is 38.8 Å². The van der Waals surface area contributed by atoms with Crippen molar-refractivity contribution in [2.24, 2.45) is 11.8 Å². The Kier molecular flexibility index (Phi) is 3.53. The van der Waals surface area contributed by atoms with Gasteiger partial charge in [0, 0.05) is 12.1 Å². The quantitative estimate of drug-likeness (QED) is 0.825. The van der Waals surface area contributed by atoms with Crippen molar-refractivity contribution >= 4 is 5.91 Å². The molecule has 108 valence electrons. The molecular formula is C17H22FNO. The van der Waals surface area contributed by atoms with Crippen LogP contribution in [0, 0.1) is 11.8 Å². The van der Waals surface area contributed by atoms with E-state index in [1.165, 1.54) is 12.0 Å². The highest BCUT2D eigenvalue weighted by atomic mass is 19.1. The fraction of sp³-hybridized carbons (Fsp3) is 0.588. The topological polar surface area (TPSA) is 20.3 Å². The monoisotopic (exact) mass is 275 g/mol. The van der Waals surface area contributed by atoms with Gasteiger partial charge in [0.1, 0.15) is 6.17 Å². The first-order valence-electron chi connectivity index (χ1n) is 7.59. The third-order valence-corrected chi connectivity index (χ3v) is 4.70. The maximum atomic E-state index is 13.2. The minimum absolute atomic E-state index is 0.0343.